The van der Waals surface area contributed by atoms with Crippen LogP contribution in [0.3, 0.4) is 0 Å². The maximum Gasteiger partial charge on any atom is 0.339 e. The lowest BCUT2D eigenvalue weighted by Gasteiger charge is -2.36. The average molecular weight is 444 g/mol. The molecular formula is C26H22NO6+. The highest BCUT2D eigenvalue weighted by atomic mass is 16.6. The Morgan fingerprint density at radius 1 is 0.818 bits per heavy atom. The number of rotatable bonds is 3. The molecule has 1 aliphatic heterocycles. The van der Waals surface area contributed by atoms with Crippen LogP contribution in [0, 0.1) is 0 Å². The first kappa shape index (κ1) is 20.9. The number of phenols is 2. The summed E-state index contributed by atoms with van der Waals surface area (Å²) in [5.41, 5.74) is -0.365. The maximum atomic E-state index is 13.2. The van der Waals surface area contributed by atoms with Gasteiger partial charge in [-0.15, -0.1) is 0 Å². The van der Waals surface area contributed by atoms with Crippen LogP contribution in [-0.4, -0.2) is 40.8 Å². The number of benzene rings is 3. The van der Waals surface area contributed by atoms with E-state index in [1.54, 1.807) is 0 Å². The van der Waals surface area contributed by atoms with E-state index in [-0.39, 0.29) is 33.6 Å². The molecule has 5 rings (SSSR count). The number of esters is 1. The largest absolute Gasteiger partial charge is 0.507 e. The summed E-state index contributed by atoms with van der Waals surface area (Å²) in [5, 5.41) is 22.9. The Morgan fingerprint density at radius 3 is 2.24 bits per heavy atom. The zero-order valence-electron chi connectivity index (χ0n) is 17.7. The first-order valence-corrected chi connectivity index (χ1v) is 10.8. The molecule has 0 saturated carbocycles. The van der Waals surface area contributed by atoms with Gasteiger partial charge in [0.1, 0.15) is 17.1 Å². The zero-order valence-corrected chi connectivity index (χ0v) is 17.7. The second-order valence-electron chi connectivity index (χ2n) is 8.39. The minimum atomic E-state index is -0.809. The van der Waals surface area contributed by atoms with Crippen LogP contribution in [-0.2, 0) is 10.3 Å². The van der Waals surface area contributed by atoms with Crippen molar-refractivity contribution < 1.29 is 34.7 Å². The molecule has 3 aromatic carbocycles. The average Bonchev–Trinajstić information content (AvgIpc) is 2.83. The van der Waals surface area contributed by atoms with Crippen molar-refractivity contribution in [3.05, 3.63) is 94.0 Å². The summed E-state index contributed by atoms with van der Waals surface area (Å²) in [4.78, 5) is 39.3. The highest BCUT2D eigenvalue weighted by molar-refractivity contribution is 6.30. The molecule has 0 spiro atoms. The molecule has 166 valence electrons. The van der Waals surface area contributed by atoms with E-state index in [0.717, 1.165) is 24.7 Å². The number of nitrogens with two attached hydrogens (primary N) is 1. The number of aromatic hydroxyl groups is 2. The summed E-state index contributed by atoms with van der Waals surface area (Å²) in [7, 11) is 0. The smallest absolute Gasteiger partial charge is 0.339 e. The third-order valence-electron chi connectivity index (χ3n) is 6.43. The Morgan fingerprint density at radius 2 is 1.52 bits per heavy atom. The molecule has 7 heteroatoms. The summed E-state index contributed by atoms with van der Waals surface area (Å²) >= 11 is 0. The van der Waals surface area contributed by atoms with Crippen molar-refractivity contribution >= 4 is 17.5 Å². The molecule has 1 aliphatic carbocycles. The normalized spacial score (nSPS) is 16.6. The fourth-order valence-corrected chi connectivity index (χ4v) is 4.77. The van der Waals surface area contributed by atoms with Gasteiger partial charge >= 0.3 is 5.97 Å². The molecule has 0 amide bonds. The summed E-state index contributed by atoms with van der Waals surface area (Å²) < 4.78 is 6.04. The summed E-state index contributed by atoms with van der Waals surface area (Å²) in [6.07, 6.45) is 1.26. The minimum Gasteiger partial charge on any atom is -0.507 e. The van der Waals surface area contributed by atoms with Crippen LogP contribution in [0.5, 0.6) is 11.5 Å². The highest BCUT2D eigenvalue weighted by Crippen LogP contribution is 2.39. The Hall–Kier alpha value is -3.97. The quantitative estimate of drug-likeness (QED) is 0.418. The van der Waals surface area contributed by atoms with Crippen molar-refractivity contribution in [2.24, 2.45) is 0 Å². The predicted octanol–water partition coefficient (Wildman–Crippen LogP) is 2.28. The molecule has 0 radical (unpaired) electrons. The van der Waals surface area contributed by atoms with Crippen LogP contribution in [0.1, 0.15) is 60.6 Å². The molecule has 1 fully saturated rings. The monoisotopic (exact) mass is 444 g/mol. The lowest BCUT2D eigenvalue weighted by Crippen LogP contribution is -2.87. The van der Waals surface area contributed by atoms with Crippen LogP contribution < -0.4 is 5.32 Å². The molecule has 1 saturated heterocycles. The molecule has 33 heavy (non-hydrogen) atoms. The SMILES string of the molecule is O=C(OC1(c2ccccc2)CC[NH2+]CC1)c1cc(O)c2c(c1)C(=O)c1cccc(O)c1C2=O. The highest BCUT2D eigenvalue weighted by Gasteiger charge is 2.41. The van der Waals surface area contributed by atoms with Crippen LogP contribution in [0.15, 0.2) is 60.7 Å². The van der Waals surface area contributed by atoms with Crippen molar-refractivity contribution in [1.29, 1.82) is 0 Å². The fourth-order valence-electron chi connectivity index (χ4n) is 4.77. The Bertz CT molecular complexity index is 1290. The fraction of sp³-hybridized carbons (Fsp3) is 0.192. The molecule has 0 aromatic heterocycles. The molecule has 7 nitrogen and oxygen atoms in total. The lowest BCUT2D eigenvalue weighted by atomic mass is 9.82. The molecular weight excluding hydrogens is 422 g/mol. The van der Waals surface area contributed by atoms with Gasteiger partial charge in [0.2, 0.25) is 5.78 Å². The molecule has 0 unspecified atom stereocenters. The molecule has 0 bridgehead atoms. The van der Waals surface area contributed by atoms with Gasteiger partial charge in [-0.2, -0.15) is 0 Å². The van der Waals surface area contributed by atoms with E-state index in [4.69, 9.17) is 4.74 Å². The van der Waals surface area contributed by atoms with Crippen LogP contribution >= 0.6 is 0 Å². The molecule has 1 heterocycles. The van der Waals surface area contributed by atoms with Gasteiger partial charge in [0.25, 0.3) is 0 Å². The van der Waals surface area contributed by atoms with E-state index in [0.29, 0.717) is 12.8 Å². The first-order valence-electron chi connectivity index (χ1n) is 10.8. The second kappa shape index (κ2) is 7.86. The van der Waals surface area contributed by atoms with E-state index in [1.807, 2.05) is 30.3 Å². The summed E-state index contributed by atoms with van der Waals surface area (Å²) in [6, 6.07) is 16.2. The maximum absolute atomic E-state index is 13.2. The molecule has 0 atom stereocenters. The third kappa shape index (κ3) is 3.37. The van der Waals surface area contributed by atoms with Gasteiger partial charge in [0.05, 0.1) is 29.8 Å². The van der Waals surface area contributed by atoms with Crippen molar-refractivity contribution in [3.63, 3.8) is 0 Å². The first-order chi connectivity index (χ1) is 15.9. The van der Waals surface area contributed by atoms with Gasteiger partial charge in [-0.3, -0.25) is 9.59 Å². The number of piperidine rings is 1. The number of carbonyl (C=O) groups is 3. The lowest BCUT2D eigenvalue weighted by molar-refractivity contribution is -0.668. The van der Waals surface area contributed by atoms with Crippen molar-refractivity contribution in [1.82, 2.24) is 0 Å². The number of fused-ring (bicyclic) bond motifs is 2. The van der Waals surface area contributed by atoms with E-state index in [9.17, 15) is 24.6 Å². The van der Waals surface area contributed by atoms with E-state index in [2.05, 4.69) is 5.32 Å². The van der Waals surface area contributed by atoms with Crippen molar-refractivity contribution in [3.8, 4) is 11.5 Å². The van der Waals surface area contributed by atoms with E-state index in [1.165, 1.54) is 24.3 Å². The Kier molecular flexibility index (Phi) is 4.98. The number of quaternary nitrogens is 1. The number of ketones is 2. The van der Waals surface area contributed by atoms with E-state index < -0.39 is 28.9 Å². The van der Waals surface area contributed by atoms with Gasteiger partial charge < -0.3 is 20.3 Å². The van der Waals surface area contributed by atoms with Crippen LogP contribution in [0.4, 0.5) is 0 Å². The number of hydrogen-bond acceptors (Lipinski definition) is 6. The van der Waals surface area contributed by atoms with Crippen LogP contribution in [0.25, 0.3) is 0 Å². The van der Waals surface area contributed by atoms with Gasteiger partial charge in [-0.25, -0.2) is 4.79 Å². The number of phenolic OH excluding ortho intramolecular Hbond substituents is 2. The van der Waals surface area contributed by atoms with Gasteiger partial charge in [0, 0.05) is 24.0 Å². The number of ether oxygens (including phenoxy) is 1. The molecule has 4 N–H and O–H groups in total. The summed E-state index contributed by atoms with van der Waals surface area (Å²) in [5.74, 6) is -2.74. The second-order valence-corrected chi connectivity index (χ2v) is 8.39. The van der Waals surface area contributed by atoms with Gasteiger partial charge in [-0.1, -0.05) is 42.5 Å². The molecule has 3 aromatic rings. The Balaban J connectivity index is 1.54. The van der Waals surface area contributed by atoms with Crippen molar-refractivity contribution in [2.45, 2.75) is 18.4 Å². The topological polar surface area (TPSA) is 118 Å². The van der Waals surface area contributed by atoms with Gasteiger partial charge in [0.15, 0.2) is 5.78 Å². The number of carbonyl (C=O) groups excluding carboxylic acids is 3. The zero-order chi connectivity index (χ0) is 23.2. The van der Waals surface area contributed by atoms with Gasteiger partial charge in [-0.05, 0) is 23.8 Å². The van der Waals surface area contributed by atoms with Crippen LogP contribution in [0.2, 0.25) is 0 Å². The molecule has 2 aliphatic rings. The van der Waals surface area contributed by atoms with E-state index >= 15 is 0 Å². The minimum absolute atomic E-state index is 0.0131. The summed E-state index contributed by atoms with van der Waals surface area (Å²) in [6.45, 7) is 1.59. The number of hydrogen-bond donors (Lipinski definition) is 3. The predicted molar refractivity (Wildman–Crippen MR) is 118 cm³/mol. The standard InChI is InChI=1S/C26H21NO6/c28-19-8-4-7-17-21(19)24(31)22-18(23(17)30)13-15(14-20(22)29)25(32)33-26(9-11-27-12-10-26)16-5-2-1-3-6-16/h1-8,13-14,27-29H,9-12H2/p+1. The van der Waals surface area contributed by atoms with Crippen molar-refractivity contribution in [2.75, 3.05) is 13.1 Å². The third-order valence-corrected chi connectivity index (χ3v) is 6.43. The Labute approximate surface area is 189 Å².